The summed E-state index contributed by atoms with van der Waals surface area (Å²) in [5, 5.41) is 0.878. The number of hydrogen-bond acceptors (Lipinski definition) is 3. The van der Waals surface area contributed by atoms with E-state index in [9.17, 15) is 9.59 Å². The highest BCUT2D eigenvalue weighted by molar-refractivity contribution is 7.50. The molecule has 0 saturated heterocycles. The van der Waals surface area contributed by atoms with Crippen molar-refractivity contribution >= 4 is 19.3 Å². The van der Waals surface area contributed by atoms with Crippen molar-refractivity contribution in [1.82, 2.24) is 0 Å². The van der Waals surface area contributed by atoms with Crippen LogP contribution >= 0.6 is 7.53 Å². The summed E-state index contributed by atoms with van der Waals surface area (Å²) in [6, 6.07) is 9.34. The molecule has 0 aliphatic carbocycles. The summed E-state index contributed by atoms with van der Waals surface area (Å²) in [5.41, 5.74) is 2.92. The van der Waals surface area contributed by atoms with Crippen LogP contribution in [0.1, 0.15) is 40.1 Å². The molecule has 1 aromatic carbocycles. The number of esters is 1. The Balaban J connectivity index is 2.27. The van der Waals surface area contributed by atoms with Crippen LogP contribution in [0, 0.1) is 13.8 Å². The van der Waals surface area contributed by atoms with Crippen molar-refractivity contribution in [2.75, 3.05) is 6.61 Å². The Hall–Kier alpha value is -1.86. The maximum atomic E-state index is 12.8. The van der Waals surface area contributed by atoms with Gasteiger partial charge in [0.1, 0.15) is 0 Å². The maximum Gasteiger partial charge on any atom is 0.306 e. The Morgan fingerprint density at radius 3 is 2.45 bits per heavy atom. The topological polar surface area (TPSA) is 43.4 Å². The molecule has 1 atom stereocenters. The zero-order valence-electron chi connectivity index (χ0n) is 13.3. The van der Waals surface area contributed by atoms with E-state index in [-0.39, 0.29) is 11.8 Å². The Labute approximate surface area is 132 Å². The van der Waals surface area contributed by atoms with E-state index in [1.54, 1.807) is 6.92 Å². The Morgan fingerprint density at radius 2 is 1.82 bits per heavy atom. The molecule has 0 amide bonds. The minimum absolute atomic E-state index is 0.0844. The molecule has 2 aromatic rings. The van der Waals surface area contributed by atoms with Crippen LogP contribution in [0.5, 0.6) is 0 Å². The molecule has 1 unspecified atom stereocenters. The second-order valence-corrected chi connectivity index (χ2v) is 7.32. The van der Waals surface area contributed by atoms with E-state index in [1.165, 1.54) is 0 Å². The summed E-state index contributed by atoms with van der Waals surface area (Å²) in [6.45, 7) is 6.22. The van der Waals surface area contributed by atoms with Gasteiger partial charge in [0.05, 0.1) is 13.0 Å². The van der Waals surface area contributed by atoms with Crippen LogP contribution in [0.4, 0.5) is 0 Å². The minimum atomic E-state index is -0.726. The first-order valence-corrected chi connectivity index (χ1v) is 9.06. The SMILES string of the molecule is CCOC(=O)CCp1cc(C)c(C)c1C(=O)c1ccccc1. The lowest BCUT2D eigenvalue weighted by atomic mass is 10.1. The molecule has 2 rings (SSSR count). The lowest BCUT2D eigenvalue weighted by molar-refractivity contribution is -0.142. The first-order chi connectivity index (χ1) is 10.5. The first kappa shape index (κ1) is 16.5. The summed E-state index contributed by atoms with van der Waals surface area (Å²) < 4.78 is 4.99. The zero-order chi connectivity index (χ0) is 16.1. The van der Waals surface area contributed by atoms with Gasteiger partial charge in [0.2, 0.25) is 0 Å². The smallest absolute Gasteiger partial charge is 0.306 e. The third-order valence-corrected chi connectivity index (χ3v) is 6.21. The quantitative estimate of drug-likeness (QED) is 0.583. The lowest BCUT2D eigenvalue weighted by Crippen LogP contribution is -2.04. The van der Waals surface area contributed by atoms with Crippen molar-refractivity contribution in [1.29, 1.82) is 0 Å². The number of ether oxygens (including phenoxy) is 1. The van der Waals surface area contributed by atoms with Crippen molar-refractivity contribution in [2.24, 2.45) is 0 Å². The van der Waals surface area contributed by atoms with Crippen LogP contribution in [0.15, 0.2) is 36.1 Å². The fraction of sp³-hybridized carbons (Fsp3) is 0.333. The summed E-state index contributed by atoms with van der Waals surface area (Å²) in [6.07, 6.45) is 1.04. The van der Waals surface area contributed by atoms with Crippen LogP contribution in [0.25, 0.3) is 0 Å². The van der Waals surface area contributed by atoms with Gasteiger partial charge in [-0.2, -0.15) is 0 Å². The van der Waals surface area contributed by atoms with Gasteiger partial charge in [-0.05, 0) is 43.9 Å². The fourth-order valence-electron chi connectivity index (χ4n) is 2.45. The average molecular weight is 316 g/mol. The molecule has 0 aliphatic rings. The largest absolute Gasteiger partial charge is 0.466 e. The highest BCUT2D eigenvalue weighted by Gasteiger charge is 2.19. The van der Waals surface area contributed by atoms with E-state index in [1.807, 2.05) is 44.2 Å². The molecule has 0 aliphatic heterocycles. The van der Waals surface area contributed by atoms with E-state index in [2.05, 4.69) is 5.80 Å². The number of rotatable bonds is 6. The predicted octanol–water partition coefficient (Wildman–Crippen LogP) is 4.47. The summed E-state index contributed by atoms with van der Waals surface area (Å²) in [7, 11) is -0.726. The number of aryl methyl sites for hydroxylation is 2. The van der Waals surface area contributed by atoms with Gasteiger partial charge in [-0.25, -0.2) is 0 Å². The van der Waals surface area contributed by atoms with E-state index < -0.39 is 7.53 Å². The van der Waals surface area contributed by atoms with Gasteiger partial charge in [0, 0.05) is 10.9 Å². The van der Waals surface area contributed by atoms with Gasteiger partial charge in [-0.15, -0.1) is 7.53 Å². The molecule has 0 bridgehead atoms. The number of carbonyl (C=O) groups excluding carboxylic acids is 2. The van der Waals surface area contributed by atoms with Crippen LogP contribution in [0.2, 0.25) is 0 Å². The molecule has 1 heterocycles. The lowest BCUT2D eigenvalue weighted by Gasteiger charge is -2.07. The molecule has 0 spiro atoms. The van der Waals surface area contributed by atoms with E-state index in [4.69, 9.17) is 4.74 Å². The summed E-state index contributed by atoms with van der Waals surface area (Å²) in [5.74, 6) is 2.05. The summed E-state index contributed by atoms with van der Waals surface area (Å²) in [4.78, 5) is 24.4. The number of ketones is 1. The van der Waals surface area contributed by atoms with E-state index in [0.29, 0.717) is 24.8 Å². The Morgan fingerprint density at radius 1 is 1.14 bits per heavy atom. The average Bonchev–Trinajstić information content (AvgIpc) is 2.80. The normalized spacial score (nSPS) is 11.3. The highest BCUT2D eigenvalue weighted by atomic mass is 31.1. The van der Waals surface area contributed by atoms with E-state index in [0.717, 1.165) is 16.4 Å². The van der Waals surface area contributed by atoms with Crippen LogP contribution in [-0.2, 0) is 15.7 Å². The van der Waals surface area contributed by atoms with Gasteiger partial charge < -0.3 is 4.74 Å². The van der Waals surface area contributed by atoms with E-state index >= 15 is 0 Å². The fourth-order valence-corrected chi connectivity index (χ4v) is 5.01. The monoisotopic (exact) mass is 316 g/mol. The van der Waals surface area contributed by atoms with Gasteiger partial charge in [0.25, 0.3) is 0 Å². The second kappa shape index (κ2) is 7.42. The van der Waals surface area contributed by atoms with Crippen molar-refractivity contribution in [3.8, 4) is 0 Å². The van der Waals surface area contributed by atoms with Crippen LogP contribution in [0.3, 0.4) is 0 Å². The minimum Gasteiger partial charge on any atom is -0.466 e. The zero-order valence-corrected chi connectivity index (χ0v) is 14.2. The summed E-state index contributed by atoms with van der Waals surface area (Å²) >= 11 is 0. The van der Waals surface area contributed by atoms with Crippen molar-refractivity contribution in [2.45, 2.75) is 33.4 Å². The number of hydrogen-bond donors (Lipinski definition) is 0. The molecule has 0 radical (unpaired) electrons. The third-order valence-electron chi connectivity index (χ3n) is 3.70. The van der Waals surface area contributed by atoms with Crippen LogP contribution < -0.4 is 0 Å². The van der Waals surface area contributed by atoms with Crippen molar-refractivity contribution in [3.05, 3.63) is 58.1 Å². The number of carbonyl (C=O) groups is 2. The molecular weight excluding hydrogens is 295 g/mol. The second-order valence-electron chi connectivity index (χ2n) is 5.23. The first-order valence-electron chi connectivity index (χ1n) is 7.46. The van der Waals surface area contributed by atoms with Gasteiger partial charge in [-0.3, -0.25) is 9.59 Å². The molecule has 116 valence electrons. The third kappa shape index (κ3) is 3.66. The van der Waals surface area contributed by atoms with Gasteiger partial charge >= 0.3 is 5.97 Å². The van der Waals surface area contributed by atoms with Crippen molar-refractivity contribution < 1.29 is 14.3 Å². The van der Waals surface area contributed by atoms with Crippen molar-refractivity contribution in [3.63, 3.8) is 0 Å². The molecule has 0 saturated carbocycles. The number of benzene rings is 1. The molecular formula is C18H21O3P. The molecule has 0 fully saturated rings. The molecule has 4 heteroatoms. The van der Waals surface area contributed by atoms with Crippen LogP contribution in [-0.4, -0.2) is 18.4 Å². The Bertz CT molecular complexity index is 671. The van der Waals surface area contributed by atoms with Gasteiger partial charge in [0.15, 0.2) is 5.78 Å². The molecule has 1 aromatic heterocycles. The molecule has 0 N–H and O–H groups in total. The standard InChI is InChI=1S/C18H21O3P/c1-4-21-16(19)10-11-22-12-13(2)14(3)18(22)17(20)15-8-6-5-7-9-15/h5-9,12H,4,10-11H2,1-3H3. The Kier molecular flexibility index (Phi) is 5.57. The predicted molar refractivity (Wildman–Crippen MR) is 89.7 cm³/mol. The maximum absolute atomic E-state index is 12.8. The van der Waals surface area contributed by atoms with Gasteiger partial charge in [-0.1, -0.05) is 30.3 Å². The molecule has 22 heavy (non-hydrogen) atoms. The molecule has 3 nitrogen and oxygen atoms in total. The highest BCUT2D eigenvalue weighted by Crippen LogP contribution is 2.42.